The van der Waals surface area contributed by atoms with Gasteiger partial charge >= 0.3 is 0 Å². The second kappa shape index (κ2) is 5.71. The van der Waals surface area contributed by atoms with E-state index in [0.29, 0.717) is 11.3 Å². The van der Waals surface area contributed by atoms with Gasteiger partial charge in [0.15, 0.2) is 0 Å². The van der Waals surface area contributed by atoms with Crippen LogP contribution < -0.4 is 4.74 Å². The molecule has 0 aromatic heterocycles. The van der Waals surface area contributed by atoms with Gasteiger partial charge in [0, 0.05) is 20.3 Å². The van der Waals surface area contributed by atoms with Gasteiger partial charge in [-0.05, 0) is 12.1 Å². The zero-order valence-electron chi connectivity index (χ0n) is 10.1. The molecule has 0 atom stereocenters. The summed E-state index contributed by atoms with van der Waals surface area (Å²) in [6, 6.07) is 8.74. The smallest absolute Gasteiger partial charge is 0.208 e. The predicted octanol–water partition coefficient (Wildman–Crippen LogP) is 1.85. The molecule has 1 aromatic rings. The number of benzene rings is 1. The lowest BCUT2D eigenvalue weighted by molar-refractivity contribution is 0.103. The summed E-state index contributed by atoms with van der Waals surface area (Å²) in [7, 11) is 5.01. The summed E-state index contributed by atoms with van der Waals surface area (Å²) < 4.78 is 5.10. The zero-order chi connectivity index (χ0) is 12.8. The van der Waals surface area contributed by atoms with Crippen LogP contribution in [0.3, 0.4) is 0 Å². The molecule has 0 heterocycles. The van der Waals surface area contributed by atoms with Gasteiger partial charge in [0.1, 0.15) is 17.4 Å². The molecule has 88 valence electrons. The number of para-hydroxylation sites is 1. The molecular formula is C13H14N2O2. The Bertz CT molecular complexity index is 484. The van der Waals surface area contributed by atoms with Crippen LogP contribution in [0.5, 0.6) is 5.75 Å². The van der Waals surface area contributed by atoms with E-state index in [2.05, 4.69) is 0 Å². The Morgan fingerprint density at radius 3 is 2.59 bits per heavy atom. The Morgan fingerprint density at radius 2 is 2.06 bits per heavy atom. The number of methoxy groups -OCH3 is 1. The molecule has 0 bridgehead atoms. The number of Topliss-reactive ketones (excluding diaryl/α,β-unsaturated/α-hetero) is 1. The van der Waals surface area contributed by atoms with E-state index in [1.165, 1.54) is 13.3 Å². The summed E-state index contributed by atoms with van der Waals surface area (Å²) in [6.45, 7) is 0. The van der Waals surface area contributed by atoms with E-state index in [1.807, 2.05) is 6.07 Å². The van der Waals surface area contributed by atoms with Crippen molar-refractivity contribution < 1.29 is 9.53 Å². The summed E-state index contributed by atoms with van der Waals surface area (Å²) in [4.78, 5) is 13.8. The highest BCUT2D eigenvalue weighted by Gasteiger charge is 2.16. The van der Waals surface area contributed by atoms with Gasteiger partial charge in [-0.25, -0.2) is 0 Å². The molecule has 1 rings (SSSR count). The van der Waals surface area contributed by atoms with E-state index in [9.17, 15) is 4.79 Å². The Hall–Kier alpha value is -2.28. The van der Waals surface area contributed by atoms with Crippen molar-refractivity contribution in [3.63, 3.8) is 0 Å². The lowest BCUT2D eigenvalue weighted by Gasteiger charge is -2.08. The molecule has 0 aliphatic heterocycles. The molecule has 0 aliphatic rings. The van der Waals surface area contributed by atoms with Crippen LogP contribution in [0.1, 0.15) is 10.4 Å². The molecule has 0 spiro atoms. The molecule has 0 unspecified atom stereocenters. The fourth-order valence-electron chi connectivity index (χ4n) is 1.37. The normalized spacial score (nSPS) is 10.6. The number of nitrogens with zero attached hydrogens (tertiary/aromatic N) is 2. The second-order valence-corrected chi connectivity index (χ2v) is 3.65. The molecule has 0 amide bonds. The van der Waals surface area contributed by atoms with Crippen LogP contribution >= 0.6 is 0 Å². The van der Waals surface area contributed by atoms with Crippen LogP contribution in [0.2, 0.25) is 0 Å². The quantitative estimate of drug-likeness (QED) is 0.450. The number of carbonyl (C=O) groups is 1. The lowest BCUT2D eigenvalue weighted by atomic mass is 10.0. The number of hydrogen-bond acceptors (Lipinski definition) is 4. The molecule has 0 fully saturated rings. The molecule has 0 aliphatic carbocycles. The molecule has 4 nitrogen and oxygen atoms in total. The summed E-state index contributed by atoms with van der Waals surface area (Å²) in [6.07, 6.45) is 1.49. The molecule has 4 heteroatoms. The van der Waals surface area contributed by atoms with Crippen LogP contribution in [0.15, 0.2) is 36.0 Å². The maximum atomic E-state index is 12.1. The third-order valence-electron chi connectivity index (χ3n) is 2.10. The van der Waals surface area contributed by atoms with Gasteiger partial charge in [0.05, 0.1) is 12.7 Å². The van der Waals surface area contributed by atoms with E-state index in [0.717, 1.165) is 0 Å². The van der Waals surface area contributed by atoms with Crippen LogP contribution in [0, 0.1) is 11.3 Å². The number of nitriles is 1. The third-order valence-corrected chi connectivity index (χ3v) is 2.10. The van der Waals surface area contributed by atoms with Crippen molar-refractivity contribution in [1.82, 2.24) is 4.90 Å². The van der Waals surface area contributed by atoms with Crippen molar-refractivity contribution in [2.45, 2.75) is 0 Å². The fourth-order valence-corrected chi connectivity index (χ4v) is 1.37. The van der Waals surface area contributed by atoms with E-state index >= 15 is 0 Å². The van der Waals surface area contributed by atoms with Crippen LogP contribution in [0.4, 0.5) is 0 Å². The molecule has 0 N–H and O–H groups in total. The van der Waals surface area contributed by atoms with Gasteiger partial charge in [0.2, 0.25) is 5.78 Å². The number of rotatable bonds is 4. The molecular weight excluding hydrogens is 216 g/mol. The largest absolute Gasteiger partial charge is 0.496 e. The highest BCUT2D eigenvalue weighted by Crippen LogP contribution is 2.20. The van der Waals surface area contributed by atoms with Gasteiger partial charge < -0.3 is 9.64 Å². The lowest BCUT2D eigenvalue weighted by Crippen LogP contribution is -2.09. The van der Waals surface area contributed by atoms with Crippen molar-refractivity contribution in [2.24, 2.45) is 0 Å². The number of carbonyl (C=O) groups excluding carboxylic acids is 1. The number of ether oxygens (including phenoxy) is 1. The summed E-state index contributed by atoms with van der Waals surface area (Å²) in [5, 5.41) is 8.96. The first-order valence-corrected chi connectivity index (χ1v) is 5.06. The van der Waals surface area contributed by atoms with E-state index in [4.69, 9.17) is 10.00 Å². The topological polar surface area (TPSA) is 53.3 Å². The summed E-state index contributed by atoms with van der Waals surface area (Å²) >= 11 is 0. The molecule has 0 saturated heterocycles. The van der Waals surface area contributed by atoms with E-state index in [-0.39, 0.29) is 11.4 Å². The van der Waals surface area contributed by atoms with Crippen molar-refractivity contribution in [2.75, 3.05) is 21.2 Å². The van der Waals surface area contributed by atoms with Crippen molar-refractivity contribution in [3.05, 3.63) is 41.6 Å². The third kappa shape index (κ3) is 3.08. The highest BCUT2D eigenvalue weighted by atomic mass is 16.5. The zero-order valence-corrected chi connectivity index (χ0v) is 10.1. The molecule has 1 aromatic carbocycles. The van der Waals surface area contributed by atoms with E-state index in [1.54, 1.807) is 43.3 Å². The van der Waals surface area contributed by atoms with Gasteiger partial charge in [-0.1, -0.05) is 12.1 Å². The van der Waals surface area contributed by atoms with Crippen LogP contribution in [-0.2, 0) is 0 Å². The minimum Gasteiger partial charge on any atom is -0.496 e. The maximum absolute atomic E-state index is 12.1. The highest BCUT2D eigenvalue weighted by molar-refractivity contribution is 6.12. The Morgan fingerprint density at radius 1 is 1.41 bits per heavy atom. The Balaban J connectivity index is 3.16. The SMILES string of the molecule is COc1ccccc1C(=O)C(C#N)=CN(C)C. The van der Waals surface area contributed by atoms with Gasteiger partial charge in [-0.3, -0.25) is 4.79 Å². The Labute approximate surface area is 101 Å². The molecule has 0 saturated carbocycles. The second-order valence-electron chi connectivity index (χ2n) is 3.65. The maximum Gasteiger partial charge on any atom is 0.208 e. The standard InChI is InChI=1S/C13H14N2O2/c1-15(2)9-10(8-14)13(16)11-6-4-5-7-12(11)17-3/h4-7,9H,1-3H3. The average molecular weight is 230 g/mol. The van der Waals surface area contributed by atoms with E-state index < -0.39 is 0 Å². The van der Waals surface area contributed by atoms with Gasteiger partial charge in [-0.15, -0.1) is 0 Å². The van der Waals surface area contributed by atoms with Crippen LogP contribution in [-0.4, -0.2) is 31.9 Å². The first kappa shape index (κ1) is 12.8. The summed E-state index contributed by atoms with van der Waals surface area (Å²) in [5.41, 5.74) is 0.476. The first-order chi connectivity index (χ1) is 8.10. The minimum absolute atomic E-state index is 0.0829. The summed E-state index contributed by atoms with van der Waals surface area (Å²) in [5.74, 6) is 0.135. The van der Waals surface area contributed by atoms with Gasteiger partial charge in [-0.2, -0.15) is 5.26 Å². The monoisotopic (exact) mass is 230 g/mol. The predicted molar refractivity (Wildman–Crippen MR) is 64.7 cm³/mol. The number of ketones is 1. The Kier molecular flexibility index (Phi) is 4.29. The van der Waals surface area contributed by atoms with Crippen molar-refractivity contribution in [3.8, 4) is 11.8 Å². The average Bonchev–Trinajstić information content (AvgIpc) is 2.34. The molecule has 0 radical (unpaired) electrons. The molecule has 17 heavy (non-hydrogen) atoms. The first-order valence-electron chi connectivity index (χ1n) is 5.06. The number of hydrogen-bond donors (Lipinski definition) is 0. The van der Waals surface area contributed by atoms with Crippen LogP contribution in [0.25, 0.3) is 0 Å². The fraction of sp³-hybridized carbons (Fsp3) is 0.231. The minimum atomic E-state index is -0.335. The van der Waals surface area contributed by atoms with Crippen molar-refractivity contribution in [1.29, 1.82) is 5.26 Å². The van der Waals surface area contributed by atoms with Crippen molar-refractivity contribution >= 4 is 5.78 Å². The number of allylic oxidation sites excluding steroid dienone is 1. The van der Waals surface area contributed by atoms with Gasteiger partial charge in [0.25, 0.3) is 0 Å².